The molecule has 0 aromatic heterocycles. The third kappa shape index (κ3) is 2.52. The molecule has 4 aliphatic heterocycles. The standard InChI is InChI=1S/C19H24F2N4O/c20-15-6-16(24-8-11-3-4-12(9-24)23-11)18(21)14-10-25(19(26)17(14)15)13-2-1-5-22-7-13/h6,11-13,22-23H,1-5,7-10H2. The third-order valence-corrected chi connectivity index (χ3v) is 6.37. The first-order valence-corrected chi connectivity index (χ1v) is 9.65. The van der Waals surface area contributed by atoms with Crippen LogP contribution in [0.15, 0.2) is 6.07 Å². The summed E-state index contributed by atoms with van der Waals surface area (Å²) in [5.41, 5.74) is 0.493. The van der Waals surface area contributed by atoms with E-state index in [2.05, 4.69) is 10.6 Å². The molecule has 1 aromatic rings. The van der Waals surface area contributed by atoms with Crippen molar-refractivity contribution in [1.82, 2.24) is 15.5 Å². The number of fused-ring (bicyclic) bond motifs is 3. The second-order valence-corrected chi connectivity index (χ2v) is 8.02. The lowest BCUT2D eigenvalue weighted by atomic mass is 10.1. The number of nitrogens with zero attached hydrogens (tertiary/aromatic N) is 2. The zero-order valence-electron chi connectivity index (χ0n) is 14.7. The number of piperazine rings is 1. The summed E-state index contributed by atoms with van der Waals surface area (Å²) in [7, 11) is 0. The lowest BCUT2D eigenvalue weighted by molar-refractivity contribution is 0.0671. The van der Waals surface area contributed by atoms with Crippen LogP contribution in [0.5, 0.6) is 0 Å². The van der Waals surface area contributed by atoms with Crippen molar-refractivity contribution in [3.05, 3.63) is 28.8 Å². The van der Waals surface area contributed by atoms with E-state index in [0.717, 1.165) is 32.2 Å². The molecule has 4 aliphatic rings. The van der Waals surface area contributed by atoms with Crippen molar-refractivity contribution in [2.45, 2.75) is 50.4 Å². The minimum absolute atomic E-state index is 0.0148. The number of nitrogens with one attached hydrogen (secondary N) is 2. The minimum Gasteiger partial charge on any atom is -0.366 e. The van der Waals surface area contributed by atoms with Crippen LogP contribution in [0, 0.1) is 11.6 Å². The Balaban J connectivity index is 1.47. The molecule has 3 saturated heterocycles. The Kier molecular flexibility index (Phi) is 3.90. The summed E-state index contributed by atoms with van der Waals surface area (Å²) in [5, 5.41) is 6.78. The molecule has 0 spiro atoms. The first kappa shape index (κ1) is 16.4. The van der Waals surface area contributed by atoms with Crippen molar-refractivity contribution in [3.8, 4) is 0 Å². The molecule has 1 amide bonds. The summed E-state index contributed by atoms with van der Waals surface area (Å²) in [4.78, 5) is 16.3. The van der Waals surface area contributed by atoms with Crippen LogP contribution in [0.3, 0.4) is 0 Å². The maximum Gasteiger partial charge on any atom is 0.257 e. The summed E-state index contributed by atoms with van der Waals surface area (Å²) in [6, 6.07) is 1.94. The van der Waals surface area contributed by atoms with Crippen LogP contribution in [-0.2, 0) is 6.54 Å². The second kappa shape index (κ2) is 6.16. The van der Waals surface area contributed by atoms with Crippen LogP contribution in [0.25, 0.3) is 0 Å². The van der Waals surface area contributed by atoms with Gasteiger partial charge >= 0.3 is 0 Å². The average Bonchev–Trinajstić information content (AvgIpc) is 3.18. The van der Waals surface area contributed by atoms with E-state index in [1.54, 1.807) is 4.90 Å². The molecule has 5 rings (SSSR count). The van der Waals surface area contributed by atoms with E-state index in [0.29, 0.717) is 37.4 Å². The molecular weight excluding hydrogens is 338 g/mol. The van der Waals surface area contributed by atoms with E-state index in [1.807, 2.05) is 4.90 Å². The van der Waals surface area contributed by atoms with Crippen molar-refractivity contribution in [3.63, 3.8) is 0 Å². The maximum absolute atomic E-state index is 15.3. The van der Waals surface area contributed by atoms with E-state index in [1.165, 1.54) is 6.07 Å². The van der Waals surface area contributed by atoms with Crippen molar-refractivity contribution in [2.24, 2.45) is 0 Å². The third-order valence-electron chi connectivity index (χ3n) is 6.37. The molecule has 2 N–H and O–H groups in total. The zero-order chi connectivity index (χ0) is 17.8. The van der Waals surface area contributed by atoms with Gasteiger partial charge in [-0.15, -0.1) is 0 Å². The van der Waals surface area contributed by atoms with Crippen LogP contribution in [0.1, 0.15) is 41.6 Å². The largest absolute Gasteiger partial charge is 0.366 e. The highest BCUT2D eigenvalue weighted by Gasteiger charge is 2.40. The Morgan fingerprint density at radius 2 is 1.88 bits per heavy atom. The highest BCUT2D eigenvalue weighted by atomic mass is 19.1. The fourth-order valence-corrected chi connectivity index (χ4v) is 5.05. The van der Waals surface area contributed by atoms with Gasteiger partial charge in [-0.3, -0.25) is 4.79 Å². The van der Waals surface area contributed by atoms with Gasteiger partial charge in [0.15, 0.2) is 5.82 Å². The fourth-order valence-electron chi connectivity index (χ4n) is 5.05. The van der Waals surface area contributed by atoms with Gasteiger partial charge in [-0.1, -0.05) is 0 Å². The molecule has 26 heavy (non-hydrogen) atoms. The van der Waals surface area contributed by atoms with Gasteiger partial charge in [0.2, 0.25) is 0 Å². The van der Waals surface area contributed by atoms with Crippen molar-refractivity contribution >= 4 is 11.6 Å². The van der Waals surface area contributed by atoms with Crippen molar-refractivity contribution < 1.29 is 13.6 Å². The molecule has 7 heteroatoms. The Hall–Kier alpha value is -1.73. The van der Waals surface area contributed by atoms with Gasteiger partial charge in [0.05, 0.1) is 17.8 Å². The van der Waals surface area contributed by atoms with Crippen LogP contribution in [0.2, 0.25) is 0 Å². The van der Waals surface area contributed by atoms with E-state index in [-0.39, 0.29) is 29.6 Å². The number of benzene rings is 1. The fraction of sp³-hybridized carbons (Fsp3) is 0.632. The van der Waals surface area contributed by atoms with Gasteiger partial charge in [-0.25, -0.2) is 8.78 Å². The number of amides is 1. The molecule has 4 heterocycles. The average molecular weight is 362 g/mol. The number of halogens is 2. The van der Waals surface area contributed by atoms with E-state index in [4.69, 9.17) is 0 Å². The molecule has 3 fully saturated rings. The van der Waals surface area contributed by atoms with Gasteiger partial charge in [0.1, 0.15) is 5.82 Å². The van der Waals surface area contributed by atoms with Crippen molar-refractivity contribution in [1.29, 1.82) is 0 Å². The first-order chi connectivity index (χ1) is 12.6. The second-order valence-electron chi connectivity index (χ2n) is 8.02. The Bertz CT molecular complexity index is 738. The number of hydrogen-bond donors (Lipinski definition) is 2. The van der Waals surface area contributed by atoms with Gasteiger partial charge in [-0.05, 0) is 32.2 Å². The first-order valence-electron chi connectivity index (χ1n) is 9.65. The van der Waals surface area contributed by atoms with Gasteiger partial charge in [0, 0.05) is 49.4 Å². The summed E-state index contributed by atoms with van der Waals surface area (Å²) in [6.45, 7) is 3.18. The molecule has 3 atom stereocenters. The lowest BCUT2D eigenvalue weighted by Crippen LogP contribution is -2.51. The van der Waals surface area contributed by atoms with E-state index >= 15 is 4.39 Å². The summed E-state index contributed by atoms with van der Waals surface area (Å²) in [5.74, 6) is -1.36. The molecule has 5 nitrogen and oxygen atoms in total. The minimum atomic E-state index is -0.585. The highest BCUT2D eigenvalue weighted by Crippen LogP contribution is 2.37. The molecule has 3 unspecified atom stereocenters. The smallest absolute Gasteiger partial charge is 0.257 e. The lowest BCUT2D eigenvalue weighted by Gasteiger charge is -2.35. The highest BCUT2D eigenvalue weighted by molar-refractivity contribution is 5.99. The Morgan fingerprint density at radius 3 is 2.58 bits per heavy atom. The molecule has 0 aliphatic carbocycles. The Labute approximate surface area is 151 Å². The Morgan fingerprint density at radius 1 is 1.12 bits per heavy atom. The number of carbonyl (C=O) groups is 1. The van der Waals surface area contributed by atoms with Gasteiger partial charge in [-0.2, -0.15) is 0 Å². The monoisotopic (exact) mass is 362 g/mol. The predicted octanol–water partition coefficient (Wildman–Crippen LogP) is 1.61. The van der Waals surface area contributed by atoms with Gasteiger partial charge < -0.3 is 20.4 Å². The number of carbonyl (C=O) groups excluding carboxylic acids is 1. The normalized spacial score (nSPS) is 30.8. The predicted molar refractivity (Wildman–Crippen MR) is 94.3 cm³/mol. The van der Waals surface area contributed by atoms with E-state index in [9.17, 15) is 9.18 Å². The number of rotatable bonds is 2. The SMILES string of the molecule is O=C1c2c(F)cc(N3CC4CCC(C3)N4)c(F)c2CN1C1CCCNC1. The topological polar surface area (TPSA) is 47.6 Å². The van der Waals surface area contributed by atoms with E-state index < -0.39 is 11.6 Å². The van der Waals surface area contributed by atoms with Crippen LogP contribution in [-0.4, -0.2) is 55.1 Å². The van der Waals surface area contributed by atoms with Crippen molar-refractivity contribution in [2.75, 3.05) is 31.1 Å². The van der Waals surface area contributed by atoms with Crippen LogP contribution < -0.4 is 15.5 Å². The number of anilines is 1. The summed E-state index contributed by atoms with van der Waals surface area (Å²) < 4.78 is 30.1. The summed E-state index contributed by atoms with van der Waals surface area (Å²) >= 11 is 0. The molecule has 140 valence electrons. The van der Waals surface area contributed by atoms with Crippen LogP contribution >= 0.6 is 0 Å². The molecule has 0 saturated carbocycles. The maximum atomic E-state index is 15.3. The van der Waals surface area contributed by atoms with Gasteiger partial charge in [0.25, 0.3) is 5.91 Å². The summed E-state index contributed by atoms with van der Waals surface area (Å²) in [6.07, 6.45) is 4.02. The zero-order valence-corrected chi connectivity index (χ0v) is 14.7. The number of piperidine rings is 1. The number of hydrogen-bond acceptors (Lipinski definition) is 4. The molecule has 1 aromatic carbocycles. The molecule has 0 radical (unpaired) electrons. The molecular formula is C19H24F2N4O. The quantitative estimate of drug-likeness (QED) is 0.839. The molecule has 2 bridgehead atoms. The van der Waals surface area contributed by atoms with Crippen LogP contribution in [0.4, 0.5) is 14.5 Å².